The van der Waals surface area contributed by atoms with Crippen LogP contribution in [0.4, 0.5) is 0 Å². The molecule has 1 amide bonds. The number of carbonyl (C=O) groups is 1. The fourth-order valence-electron chi connectivity index (χ4n) is 1.45. The van der Waals surface area contributed by atoms with E-state index < -0.39 is 16.2 Å². The molecule has 76 valence electrons. The quantitative estimate of drug-likeness (QED) is 0.425. The van der Waals surface area contributed by atoms with E-state index in [0.717, 1.165) is 13.0 Å². The molecule has 0 aromatic carbocycles. The SMILES string of the molecule is CC([SiH2]OC(O)O)N1CCCC1=O. The molecule has 0 aromatic rings. The molecule has 1 fully saturated rings. The second-order valence-corrected chi connectivity index (χ2v) is 5.05. The van der Waals surface area contributed by atoms with Crippen molar-refractivity contribution in [2.45, 2.75) is 31.9 Å². The van der Waals surface area contributed by atoms with Crippen LogP contribution in [0.15, 0.2) is 0 Å². The van der Waals surface area contributed by atoms with Crippen LogP contribution in [-0.2, 0) is 9.22 Å². The number of nitrogens with zero attached hydrogens (tertiary/aromatic N) is 1. The van der Waals surface area contributed by atoms with Gasteiger partial charge in [-0.05, 0) is 13.3 Å². The molecule has 6 heteroatoms. The van der Waals surface area contributed by atoms with Gasteiger partial charge in [-0.2, -0.15) is 0 Å². The highest BCUT2D eigenvalue weighted by atomic mass is 28.2. The molecule has 0 aliphatic carbocycles. The standard InChI is InChI=1S/C7H15NO4Si/c1-5(13-12-7(10)11)8-4-2-3-6(8)9/h5,7,10-11H,2-4,13H2,1H3. The van der Waals surface area contributed by atoms with Crippen LogP contribution in [0.3, 0.4) is 0 Å². The Kier molecular flexibility index (Phi) is 3.85. The van der Waals surface area contributed by atoms with E-state index in [-0.39, 0.29) is 11.6 Å². The van der Waals surface area contributed by atoms with Crippen LogP contribution >= 0.6 is 0 Å². The smallest absolute Gasteiger partial charge is 0.256 e. The molecule has 13 heavy (non-hydrogen) atoms. The van der Waals surface area contributed by atoms with E-state index in [1.807, 2.05) is 6.92 Å². The summed E-state index contributed by atoms with van der Waals surface area (Å²) in [6.07, 6.45) is 1.51. The third-order valence-corrected chi connectivity index (χ3v) is 3.54. The van der Waals surface area contributed by atoms with Gasteiger partial charge in [-0.1, -0.05) is 0 Å². The molecule has 5 nitrogen and oxygen atoms in total. The van der Waals surface area contributed by atoms with E-state index in [2.05, 4.69) is 0 Å². The highest BCUT2D eigenvalue weighted by molar-refractivity contribution is 6.30. The lowest BCUT2D eigenvalue weighted by molar-refractivity contribution is -0.181. The van der Waals surface area contributed by atoms with E-state index in [1.54, 1.807) is 4.90 Å². The zero-order valence-electron chi connectivity index (χ0n) is 7.64. The molecule has 0 saturated carbocycles. The fourth-order valence-corrected chi connectivity index (χ4v) is 2.47. The second-order valence-electron chi connectivity index (χ2n) is 3.20. The van der Waals surface area contributed by atoms with Gasteiger partial charge < -0.3 is 19.5 Å². The predicted octanol–water partition coefficient (Wildman–Crippen LogP) is -1.68. The maximum atomic E-state index is 11.2. The number of carbonyl (C=O) groups excluding carboxylic acids is 1. The Labute approximate surface area is 79.2 Å². The first kappa shape index (κ1) is 10.6. The molecule has 1 aliphatic rings. The summed E-state index contributed by atoms with van der Waals surface area (Å²) >= 11 is 0. The molecule has 1 rings (SSSR count). The number of amides is 1. The molecule has 0 bridgehead atoms. The van der Waals surface area contributed by atoms with Gasteiger partial charge in [0.15, 0.2) is 9.76 Å². The van der Waals surface area contributed by atoms with Crippen LogP contribution in [0.1, 0.15) is 19.8 Å². The lowest BCUT2D eigenvalue weighted by Gasteiger charge is -2.23. The Bertz CT molecular complexity index is 187. The maximum absolute atomic E-state index is 11.2. The van der Waals surface area contributed by atoms with E-state index >= 15 is 0 Å². The molecule has 0 aromatic heterocycles. The van der Waals surface area contributed by atoms with Gasteiger partial charge in [0.2, 0.25) is 5.91 Å². The maximum Gasteiger partial charge on any atom is 0.256 e. The Morgan fingerprint density at radius 1 is 1.62 bits per heavy atom. The number of aliphatic hydroxyl groups is 2. The zero-order chi connectivity index (χ0) is 9.84. The van der Waals surface area contributed by atoms with Crippen LogP contribution < -0.4 is 0 Å². The number of likely N-dealkylation sites (tertiary alicyclic amines) is 1. The van der Waals surface area contributed by atoms with Crippen LogP contribution in [0.25, 0.3) is 0 Å². The summed E-state index contributed by atoms with van der Waals surface area (Å²) in [5.41, 5.74) is 0.0526. The summed E-state index contributed by atoms with van der Waals surface area (Å²) in [5.74, 6) is 0.149. The van der Waals surface area contributed by atoms with Crippen molar-refractivity contribution in [3.63, 3.8) is 0 Å². The Morgan fingerprint density at radius 2 is 2.31 bits per heavy atom. The first-order valence-electron chi connectivity index (χ1n) is 4.38. The third kappa shape index (κ3) is 3.07. The largest absolute Gasteiger partial charge is 0.377 e. The molecule has 1 aliphatic heterocycles. The van der Waals surface area contributed by atoms with E-state index in [1.165, 1.54) is 0 Å². The summed E-state index contributed by atoms with van der Waals surface area (Å²) < 4.78 is 4.72. The van der Waals surface area contributed by atoms with Gasteiger partial charge in [0, 0.05) is 18.6 Å². The van der Waals surface area contributed by atoms with Crippen LogP contribution in [-0.4, -0.2) is 49.5 Å². The number of aliphatic hydroxyl groups excluding tert-OH is 1. The van der Waals surface area contributed by atoms with Crippen molar-refractivity contribution >= 4 is 15.7 Å². The van der Waals surface area contributed by atoms with E-state index in [9.17, 15) is 4.79 Å². The van der Waals surface area contributed by atoms with Crippen molar-refractivity contribution in [3.05, 3.63) is 0 Å². The minimum atomic E-state index is -1.69. The first-order chi connectivity index (χ1) is 6.11. The summed E-state index contributed by atoms with van der Waals surface area (Å²) in [6.45, 7) is 0.974. The lowest BCUT2D eigenvalue weighted by Crippen LogP contribution is -2.40. The summed E-state index contributed by atoms with van der Waals surface area (Å²) in [6, 6.07) is 0. The highest BCUT2D eigenvalue weighted by Crippen LogP contribution is 2.12. The van der Waals surface area contributed by atoms with Gasteiger partial charge >= 0.3 is 0 Å². The average molecular weight is 205 g/mol. The Morgan fingerprint density at radius 3 is 2.77 bits per heavy atom. The van der Waals surface area contributed by atoms with Crippen molar-refractivity contribution in [2.24, 2.45) is 0 Å². The van der Waals surface area contributed by atoms with Crippen LogP contribution in [0.2, 0.25) is 0 Å². The van der Waals surface area contributed by atoms with Crippen molar-refractivity contribution < 1.29 is 19.4 Å². The molecule has 0 spiro atoms. The monoisotopic (exact) mass is 205 g/mol. The molecule has 1 saturated heterocycles. The highest BCUT2D eigenvalue weighted by Gasteiger charge is 2.25. The number of rotatable bonds is 4. The van der Waals surface area contributed by atoms with Crippen molar-refractivity contribution in [3.8, 4) is 0 Å². The molecule has 0 radical (unpaired) electrons. The number of hydrogen-bond donors (Lipinski definition) is 2. The first-order valence-corrected chi connectivity index (χ1v) is 5.78. The minimum Gasteiger partial charge on any atom is -0.377 e. The Hall–Kier alpha value is -0.433. The molecular formula is C7H15NO4Si. The average Bonchev–Trinajstić information content (AvgIpc) is 2.47. The minimum absolute atomic E-state index is 0.0526. The lowest BCUT2D eigenvalue weighted by atomic mass is 10.4. The van der Waals surface area contributed by atoms with Gasteiger partial charge in [-0.25, -0.2) is 0 Å². The molecule has 1 heterocycles. The molecule has 2 N–H and O–H groups in total. The third-order valence-electron chi connectivity index (χ3n) is 2.13. The normalized spacial score (nSPS) is 20.9. The van der Waals surface area contributed by atoms with E-state index in [4.69, 9.17) is 14.6 Å². The topological polar surface area (TPSA) is 70.0 Å². The van der Waals surface area contributed by atoms with Crippen molar-refractivity contribution in [1.82, 2.24) is 4.90 Å². The zero-order valence-corrected chi connectivity index (χ0v) is 9.06. The van der Waals surface area contributed by atoms with Crippen LogP contribution in [0, 0.1) is 0 Å². The van der Waals surface area contributed by atoms with Gasteiger partial charge in [0.25, 0.3) is 6.48 Å². The summed E-state index contributed by atoms with van der Waals surface area (Å²) in [4.78, 5) is 13.0. The Balaban J connectivity index is 2.30. The second kappa shape index (κ2) is 4.71. The van der Waals surface area contributed by atoms with E-state index in [0.29, 0.717) is 6.42 Å². The summed E-state index contributed by atoms with van der Waals surface area (Å²) in [7, 11) is -1.07. The molecular weight excluding hydrogens is 190 g/mol. The predicted molar refractivity (Wildman–Crippen MR) is 48.3 cm³/mol. The van der Waals surface area contributed by atoms with Gasteiger partial charge in [-0.3, -0.25) is 4.79 Å². The number of hydrogen-bond acceptors (Lipinski definition) is 4. The van der Waals surface area contributed by atoms with Crippen molar-refractivity contribution in [2.75, 3.05) is 6.54 Å². The van der Waals surface area contributed by atoms with Gasteiger partial charge in [-0.15, -0.1) is 0 Å². The van der Waals surface area contributed by atoms with Gasteiger partial charge in [0.05, 0.1) is 0 Å². The fraction of sp³-hybridized carbons (Fsp3) is 0.857. The van der Waals surface area contributed by atoms with Gasteiger partial charge in [0.1, 0.15) is 0 Å². The van der Waals surface area contributed by atoms with Crippen molar-refractivity contribution in [1.29, 1.82) is 0 Å². The summed E-state index contributed by atoms with van der Waals surface area (Å²) in [5, 5.41) is 16.9. The molecule has 1 atom stereocenters. The molecule has 1 unspecified atom stereocenters. The van der Waals surface area contributed by atoms with Crippen LogP contribution in [0.5, 0.6) is 0 Å².